The quantitative estimate of drug-likeness (QED) is 0.884. The van der Waals surface area contributed by atoms with E-state index in [1.807, 2.05) is 33.0 Å². The summed E-state index contributed by atoms with van der Waals surface area (Å²) in [6, 6.07) is 1.53. The lowest BCUT2D eigenvalue weighted by atomic mass is 10.2. The Bertz CT molecular complexity index is 550. The number of carbonyl (C=O) groups excluding carboxylic acids is 1. The molecule has 2 N–H and O–H groups in total. The number of hydrogen-bond donors (Lipinski definition) is 2. The van der Waals surface area contributed by atoms with Crippen molar-refractivity contribution in [3.05, 3.63) is 23.5 Å². The van der Waals surface area contributed by atoms with Gasteiger partial charge in [-0.25, -0.2) is 4.79 Å². The van der Waals surface area contributed by atoms with Crippen LogP contribution in [0.2, 0.25) is 0 Å². The fraction of sp³-hybridized carbons (Fsp3) is 0.500. The smallest absolute Gasteiger partial charge is 0.321 e. The van der Waals surface area contributed by atoms with Crippen molar-refractivity contribution in [2.24, 2.45) is 0 Å². The van der Waals surface area contributed by atoms with Crippen molar-refractivity contribution in [2.75, 3.05) is 5.32 Å². The molecule has 0 aliphatic rings. The van der Waals surface area contributed by atoms with Crippen LogP contribution in [-0.2, 0) is 6.54 Å². The van der Waals surface area contributed by atoms with Gasteiger partial charge in [0.15, 0.2) is 0 Å². The van der Waals surface area contributed by atoms with Crippen LogP contribution in [0.15, 0.2) is 18.5 Å². The molecule has 2 heterocycles. The van der Waals surface area contributed by atoms with Crippen LogP contribution in [-0.4, -0.2) is 32.1 Å². The number of aromatic nitrogens is 4. The molecule has 0 radical (unpaired) electrons. The lowest BCUT2D eigenvalue weighted by Crippen LogP contribution is -2.38. The fourth-order valence-electron chi connectivity index (χ4n) is 1.61. The molecule has 8 heteroatoms. The zero-order chi connectivity index (χ0) is 14.5. The summed E-state index contributed by atoms with van der Waals surface area (Å²) in [6.45, 7) is 6.61. The first kappa shape index (κ1) is 14.4. The molecule has 0 aromatic carbocycles. The number of nitrogens with zero attached hydrogens (tertiary/aromatic N) is 4. The van der Waals surface area contributed by atoms with E-state index in [-0.39, 0.29) is 12.1 Å². The number of hydrogen-bond acceptors (Lipinski definition) is 5. The normalized spacial score (nSPS) is 12.4. The third kappa shape index (κ3) is 4.02. The molecule has 7 nitrogen and oxygen atoms in total. The average molecular weight is 294 g/mol. The molecule has 2 aromatic rings. The van der Waals surface area contributed by atoms with Crippen molar-refractivity contribution in [3.63, 3.8) is 0 Å². The standard InChI is InChI=1S/C12H18N6OS/c1-8(2)10-16-17-12(20-10)15-11(19)14-9(3)7-18-6-4-5-13-18/h4-6,8-9H,7H2,1-3H3,(H2,14,15,17,19)/t9-/m1/s1. The maximum atomic E-state index is 11.8. The molecule has 108 valence electrons. The molecular weight excluding hydrogens is 276 g/mol. The summed E-state index contributed by atoms with van der Waals surface area (Å²) in [5.74, 6) is 0.310. The van der Waals surface area contributed by atoms with Crippen LogP contribution in [0.4, 0.5) is 9.93 Å². The van der Waals surface area contributed by atoms with E-state index >= 15 is 0 Å². The second-order valence-electron chi connectivity index (χ2n) is 4.83. The number of anilines is 1. The van der Waals surface area contributed by atoms with Crippen molar-refractivity contribution >= 4 is 22.5 Å². The first-order chi connectivity index (χ1) is 9.54. The van der Waals surface area contributed by atoms with Crippen LogP contribution >= 0.6 is 11.3 Å². The molecule has 0 saturated carbocycles. The van der Waals surface area contributed by atoms with Crippen molar-refractivity contribution in [1.82, 2.24) is 25.3 Å². The predicted octanol–water partition coefficient (Wildman–Crippen LogP) is 2.07. The summed E-state index contributed by atoms with van der Waals surface area (Å²) >= 11 is 1.39. The molecule has 2 aromatic heterocycles. The topological polar surface area (TPSA) is 84.7 Å². The highest BCUT2D eigenvalue weighted by Gasteiger charge is 2.12. The molecule has 2 rings (SSSR count). The Morgan fingerprint density at radius 1 is 1.40 bits per heavy atom. The van der Waals surface area contributed by atoms with Gasteiger partial charge in [0.2, 0.25) is 5.13 Å². The number of carbonyl (C=O) groups is 1. The van der Waals surface area contributed by atoms with Gasteiger partial charge in [0.05, 0.1) is 6.54 Å². The van der Waals surface area contributed by atoms with Crippen LogP contribution in [0, 0.1) is 0 Å². The SMILES string of the molecule is CC(C)c1nnc(NC(=O)N[C@H](C)Cn2cccn2)s1. The third-order valence-electron chi connectivity index (χ3n) is 2.55. The second-order valence-corrected chi connectivity index (χ2v) is 5.84. The van der Waals surface area contributed by atoms with Gasteiger partial charge in [0, 0.05) is 24.4 Å². The van der Waals surface area contributed by atoms with E-state index in [1.165, 1.54) is 11.3 Å². The van der Waals surface area contributed by atoms with E-state index in [0.717, 1.165) is 5.01 Å². The lowest BCUT2D eigenvalue weighted by molar-refractivity contribution is 0.247. The van der Waals surface area contributed by atoms with Crippen molar-refractivity contribution in [1.29, 1.82) is 0 Å². The highest BCUT2D eigenvalue weighted by atomic mass is 32.1. The van der Waals surface area contributed by atoms with Crippen molar-refractivity contribution in [2.45, 2.75) is 39.3 Å². The number of urea groups is 1. The van der Waals surface area contributed by atoms with Gasteiger partial charge >= 0.3 is 6.03 Å². The third-order valence-corrected chi connectivity index (χ3v) is 3.69. The zero-order valence-electron chi connectivity index (χ0n) is 11.7. The first-order valence-corrected chi connectivity index (χ1v) is 7.24. The van der Waals surface area contributed by atoms with Crippen LogP contribution in [0.25, 0.3) is 0 Å². The Labute approximate surface area is 121 Å². The number of nitrogens with one attached hydrogen (secondary N) is 2. The Hall–Kier alpha value is -1.96. The lowest BCUT2D eigenvalue weighted by Gasteiger charge is -2.13. The maximum absolute atomic E-state index is 11.8. The molecule has 0 aliphatic heterocycles. The van der Waals surface area contributed by atoms with Gasteiger partial charge in [-0.15, -0.1) is 10.2 Å². The van der Waals surface area contributed by atoms with E-state index < -0.39 is 0 Å². The van der Waals surface area contributed by atoms with Gasteiger partial charge in [-0.3, -0.25) is 10.00 Å². The molecule has 0 aliphatic carbocycles. The summed E-state index contributed by atoms with van der Waals surface area (Å²) in [5, 5.41) is 19.0. The summed E-state index contributed by atoms with van der Waals surface area (Å²) in [7, 11) is 0. The van der Waals surface area contributed by atoms with E-state index in [2.05, 4.69) is 25.9 Å². The van der Waals surface area contributed by atoms with Gasteiger partial charge in [0.1, 0.15) is 5.01 Å². The minimum atomic E-state index is -0.281. The average Bonchev–Trinajstić information content (AvgIpc) is 2.99. The van der Waals surface area contributed by atoms with Crippen LogP contribution in [0.3, 0.4) is 0 Å². The Balaban J connectivity index is 1.82. The van der Waals surface area contributed by atoms with E-state index in [0.29, 0.717) is 17.6 Å². The number of amides is 2. The van der Waals surface area contributed by atoms with Crippen LogP contribution in [0.1, 0.15) is 31.7 Å². The monoisotopic (exact) mass is 294 g/mol. The Morgan fingerprint density at radius 3 is 2.80 bits per heavy atom. The minimum Gasteiger partial charge on any atom is -0.333 e. The molecule has 0 fully saturated rings. The maximum Gasteiger partial charge on any atom is 0.321 e. The molecule has 0 spiro atoms. The van der Waals surface area contributed by atoms with Crippen molar-refractivity contribution in [3.8, 4) is 0 Å². The summed E-state index contributed by atoms with van der Waals surface area (Å²) in [6.07, 6.45) is 3.57. The molecule has 20 heavy (non-hydrogen) atoms. The Morgan fingerprint density at radius 2 is 2.20 bits per heavy atom. The van der Waals surface area contributed by atoms with Gasteiger partial charge in [0.25, 0.3) is 0 Å². The highest BCUT2D eigenvalue weighted by molar-refractivity contribution is 7.15. The summed E-state index contributed by atoms with van der Waals surface area (Å²) < 4.78 is 1.77. The minimum absolute atomic E-state index is 0.0348. The zero-order valence-corrected chi connectivity index (χ0v) is 12.5. The molecular formula is C12H18N6OS. The van der Waals surface area contributed by atoms with Gasteiger partial charge in [-0.2, -0.15) is 5.10 Å². The fourth-order valence-corrected chi connectivity index (χ4v) is 2.35. The molecule has 1 atom stereocenters. The van der Waals surface area contributed by atoms with E-state index in [1.54, 1.807) is 10.9 Å². The molecule has 0 bridgehead atoms. The van der Waals surface area contributed by atoms with E-state index in [9.17, 15) is 4.79 Å². The van der Waals surface area contributed by atoms with E-state index in [4.69, 9.17) is 0 Å². The molecule has 0 saturated heterocycles. The van der Waals surface area contributed by atoms with Crippen molar-refractivity contribution < 1.29 is 4.79 Å². The largest absolute Gasteiger partial charge is 0.333 e. The summed E-state index contributed by atoms with van der Waals surface area (Å²) in [4.78, 5) is 11.8. The van der Waals surface area contributed by atoms with Gasteiger partial charge < -0.3 is 5.32 Å². The molecule has 0 unspecified atom stereocenters. The molecule has 2 amide bonds. The van der Waals surface area contributed by atoms with Crippen LogP contribution < -0.4 is 10.6 Å². The summed E-state index contributed by atoms with van der Waals surface area (Å²) in [5.41, 5.74) is 0. The van der Waals surface area contributed by atoms with Crippen LogP contribution in [0.5, 0.6) is 0 Å². The second kappa shape index (κ2) is 6.47. The highest BCUT2D eigenvalue weighted by Crippen LogP contribution is 2.22. The predicted molar refractivity (Wildman–Crippen MR) is 77.8 cm³/mol. The first-order valence-electron chi connectivity index (χ1n) is 6.43. The Kier molecular flexibility index (Phi) is 4.67. The van der Waals surface area contributed by atoms with Gasteiger partial charge in [-0.1, -0.05) is 25.2 Å². The number of rotatable bonds is 5. The van der Waals surface area contributed by atoms with Gasteiger partial charge in [-0.05, 0) is 13.0 Å².